The zero-order chi connectivity index (χ0) is 16.4. The van der Waals surface area contributed by atoms with Gasteiger partial charge in [-0.2, -0.15) is 0 Å². The topological polar surface area (TPSA) is 79.2 Å². The minimum absolute atomic E-state index is 0.0995. The Labute approximate surface area is 140 Å². The van der Waals surface area contributed by atoms with E-state index in [1.807, 2.05) is 29.2 Å². The van der Waals surface area contributed by atoms with Gasteiger partial charge in [-0.1, -0.05) is 0 Å². The molecule has 8 heteroatoms. The Morgan fingerprint density at radius 3 is 2.54 bits per heavy atom. The maximum Gasteiger partial charge on any atom is 0.253 e. The number of amides is 1. The first kappa shape index (κ1) is 15.2. The molecule has 0 aliphatic carbocycles. The predicted octanol–water partition coefficient (Wildman–Crippen LogP) is -0.218. The van der Waals surface area contributed by atoms with E-state index in [0.29, 0.717) is 11.6 Å². The summed E-state index contributed by atoms with van der Waals surface area (Å²) in [6.07, 6.45) is 2.75. The van der Waals surface area contributed by atoms with Gasteiger partial charge in [-0.3, -0.25) is 9.69 Å². The minimum Gasteiger partial charge on any atom is -0.336 e. The highest BCUT2D eigenvalue weighted by atomic mass is 16.2. The Morgan fingerprint density at radius 2 is 1.92 bits per heavy atom. The van der Waals surface area contributed by atoms with Crippen LogP contribution in [-0.2, 0) is 0 Å². The monoisotopic (exact) mass is 327 g/mol. The molecular formula is C16H21N7O. The number of piperazine rings is 1. The smallest absolute Gasteiger partial charge is 0.253 e. The number of benzene rings is 1. The molecule has 2 aromatic rings. The lowest BCUT2D eigenvalue weighted by molar-refractivity contribution is 0.0584. The summed E-state index contributed by atoms with van der Waals surface area (Å²) >= 11 is 0. The fraction of sp³-hybridized carbons (Fsp3) is 0.500. The summed E-state index contributed by atoms with van der Waals surface area (Å²) in [5.41, 5.74) is 1.55. The third-order valence-corrected chi connectivity index (χ3v) is 4.88. The first-order chi connectivity index (χ1) is 11.8. The molecule has 3 heterocycles. The van der Waals surface area contributed by atoms with Crippen LogP contribution < -0.4 is 5.32 Å². The second kappa shape index (κ2) is 6.66. The molecule has 1 aromatic heterocycles. The van der Waals surface area contributed by atoms with Gasteiger partial charge in [-0.25, -0.2) is 4.68 Å². The Balaban J connectivity index is 1.37. The molecule has 1 atom stereocenters. The summed E-state index contributed by atoms with van der Waals surface area (Å²) in [5, 5.41) is 14.5. The van der Waals surface area contributed by atoms with Crippen LogP contribution in [0.4, 0.5) is 0 Å². The van der Waals surface area contributed by atoms with E-state index >= 15 is 0 Å². The van der Waals surface area contributed by atoms with Crippen molar-refractivity contribution in [1.29, 1.82) is 0 Å². The van der Waals surface area contributed by atoms with E-state index in [1.165, 1.54) is 12.7 Å². The molecule has 0 saturated carbocycles. The number of carbonyl (C=O) groups excluding carboxylic acids is 1. The first-order valence-corrected chi connectivity index (χ1v) is 8.39. The lowest BCUT2D eigenvalue weighted by Crippen LogP contribution is -2.52. The van der Waals surface area contributed by atoms with E-state index < -0.39 is 0 Å². The molecule has 24 heavy (non-hydrogen) atoms. The molecule has 0 spiro atoms. The summed E-state index contributed by atoms with van der Waals surface area (Å²) < 4.78 is 1.57. The van der Waals surface area contributed by atoms with E-state index in [2.05, 4.69) is 25.7 Å². The van der Waals surface area contributed by atoms with Crippen LogP contribution in [0, 0.1) is 0 Å². The zero-order valence-electron chi connectivity index (χ0n) is 13.5. The maximum atomic E-state index is 12.7. The third-order valence-electron chi connectivity index (χ3n) is 4.88. The Kier molecular flexibility index (Phi) is 4.22. The van der Waals surface area contributed by atoms with Gasteiger partial charge in [-0.05, 0) is 47.7 Å². The zero-order valence-corrected chi connectivity index (χ0v) is 13.5. The van der Waals surface area contributed by atoms with Crippen LogP contribution in [0.15, 0.2) is 30.6 Å². The highest BCUT2D eigenvalue weighted by molar-refractivity contribution is 5.94. The third kappa shape index (κ3) is 3.02. The summed E-state index contributed by atoms with van der Waals surface area (Å²) in [7, 11) is 0. The van der Waals surface area contributed by atoms with Crippen LogP contribution in [0.3, 0.4) is 0 Å². The summed E-state index contributed by atoms with van der Waals surface area (Å²) in [6.45, 7) is 5.69. The molecule has 126 valence electrons. The number of nitrogens with one attached hydrogen (secondary N) is 1. The lowest BCUT2D eigenvalue weighted by Gasteiger charge is -2.37. The van der Waals surface area contributed by atoms with Gasteiger partial charge < -0.3 is 10.2 Å². The van der Waals surface area contributed by atoms with Crippen LogP contribution >= 0.6 is 0 Å². The molecule has 8 nitrogen and oxygen atoms in total. The average molecular weight is 327 g/mol. The van der Waals surface area contributed by atoms with E-state index in [4.69, 9.17) is 0 Å². The fourth-order valence-electron chi connectivity index (χ4n) is 3.46. The maximum absolute atomic E-state index is 12.7. The molecule has 1 aromatic carbocycles. The number of carbonyl (C=O) groups is 1. The standard InChI is InChI=1S/C16H21N7O/c24-16(13-1-3-14(4-2-13)23-12-18-19-20-23)22-9-7-21(8-10-22)15-5-6-17-11-15/h1-4,12,15,17H,5-11H2. The SMILES string of the molecule is O=C(c1ccc(-n2cnnn2)cc1)N1CCN(C2CCNC2)CC1. The summed E-state index contributed by atoms with van der Waals surface area (Å²) in [6, 6.07) is 8.05. The van der Waals surface area contributed by atoms with Gasteiger partial charge in [0.25, 0.3) is 5.91 Å². The Morgan fingerprint density at radius 1 is 1.12 bits per heavy atom. The molecule has 2 fully saturated rings. The second-order valence-electron chi connectivity index (χ2n) is 6.28. The van der Waals surface area contributed by atoms with Crippen molar-refractivity contribution in [3.05, 3.63) is 36.2 Å². The van der Waals surface area contributed by atoms with Crippen LogP contribution in [-0.4, -0.2) is 81.2 Å². The van der Waals surface area contributed by atoms with Gasteiger partial charge >= 0.3 is 0 Å². The molecule has 0 radical (unpaired) electrons. The largest absolute Gasteiger partial charge is 0.336 e. The van der Waals surface area contributed by atoms with Gasteiger partial charge in [0.1, 0.15) is 6.33 Å². The van der Waals surface area contributed by atoms with Crippen molar-refractivity contribution in [2.75, 3.05) is 39.3 Å². The van der Waals surface area contributed by atoms with Crippen molar-refractivity contribution in [3.63, 3.8) is 0 Å². The van der Waals surface area contributed by atoms with E-state index in [0.717, 1.165) is 45.0 Å². The van der Waals surface area contributed by atoms with E-state index in [-0.39, 0.29) is 5.91 Å². The van der Waals surface area contributed by atoms with Crippen LogP contribution in [0.25, 0.3) is 5.69 Å². The lowest BCUT2D eigenvalue weighted by atomic mass is 10.1. The predicted molar refractivity (Wildman–Crippen MR) is 87.9 cm³/mol. The van der Waals surface area contributed by atoms with Gasteiger partial charge in [0.05, 0.1) is 5.69 Å². The molecule has 2 aliphatic rings. The molecule has 2 aliphatic heterocycles. The number of hydrogen-bond donors (Lipinski definition) is 1. The van der Waals surface area contributed by atoms with Crippen molar-refractivity contribution in [3.8, 4) is 5.69 Å². The van der Waals surface area contributed by atoms with Gasteiger partial charge in [-0.15, -0.1) is 5.10 Å². The van der Waals surface area contributed by atoms with Crippen molar-refractivity contribution in [2.24, 2.45) is 0 Å². The Hall–Kier alpha value is -2.32. The van der Waals surface area contributed by atoms with Crippen LogP contribution in [0.2, 0.25) is 0 Å². The van der Waals surface area contributed by atoms with E-state index in [9.17, 15) is 4.79 Å². The minimum atomic E-state index is 0.0995. The van der Waals surface area contributed by atoms with Gasteiger partial charge in [0.2, 0.25) is 0 Å². The molecular weight excluding hydrogens is 306 g/mol. The summed E-state index contributed by atoms with van der Waals surface area (Å²) in [4.78, 5) is 17.1. The number of nitrogens with zero attached hydrogens (tertiary/aromatic N) is 6. The van der Waals surface area contributed by atoms with Crippen LogP contribution in [0.1, 0.15) is 16.8 Å². The highest BCUT2D eigenvalue weighted by Crippen LogP contribution is 2.15. The molecule has 1 N–H and O–H groups in total. The van der Waals surface area contributed by atoms with Gasteiger partial charge in [0, 0.05) is 44.3 Å². The molecule has 2 saturated heterocycles. The number of hydrogen-bond acceptors (Lipinski definition) is 6. The molecule has 1 unspecified atom stereocenters. The number of tetrazole rings is 1. The average Bonchev–Trinajstić information content (AvgIpc) is 3.35. The number of aromatic nitrogens is 4. The first-order valence-electron chi connectivity index (χ1n) is 8.39. The summed E-state index contributed by atoms with van der Waals surface area (Å²) in [5.74, 6) is 0.0995. The molecule has 1 amide bonds. The fourth-order valence-corrected chi connectivity index (χ4v) is 3.46. The van der Waals surface area contributed by atoms with E-state index in [1.54, 1.807) is 4.68 Å². The van der Waals surface area contributed by atoms with Crippen LogP contribution in [0.5, 0.6) is 0 Å². The number of rotatable bonds is 3. The normalized spacial score (nSPS) is 22.0. The highest BCUT2D eigenvalue weighted by Gasteiger charge is 2.28. The molecule has 4 rings (SSSR count). The quantitative estimate of drug-likeness (QED) is 0.840. The van der Waals surface area contributed by atoms with Crippen molar-refractivity contribution in [2.45, 2.75) is 12.5 Å². The Bertz CT molecular complexity index is 671. The van der Waals surface area contributed by atoms with Crippen molar-refractivity contribution >= 4 is 5.91 Å². The van der Waals surface area contributed by atoms with Crippen molar-refractivity contribution in [1.82, 2.24) is 35.3 Å². The second-order valence-corrected chi connectivity index (χ2v) is 6.28. The van der Waals surface area contributed by atoms with Gasteiger partial charge in [0.15, 0.2) is 0 Å². The van der Waals surface area contributed by atoms with Crippen molar-refractivity contribution < 1.29 is 4.79 Å². The molecule has 0 bridgehead atoms.